The van der Waals surface area contributed by atoms with Crippen LogP contribution in [0, 0.1) is 5.41 Å². The summed E-state index contributed by atoms with van der Waals surface area (Å²) < 4.78 is 0. The van der Waals surface area contributed by atoms with E-state index in [1.54, 1.807) is 0 Å². The van der Waals surface area contributed by atoms with Crippen LogP contribution < -0.4 is 5.73 Å². The van der Waals surface area contributed by atoms with Gasteiger partial charge in [0, 0.05) is 5.54 Å². The molecule has 2 N–H and O–H groups in total. The largest absolute Gasteiger partial charge is 0.325 e. The first kappa shape index (κ1) is 8.06. The summed E-state index contributed by atoms with van der Waals surface area (Å²) in [5, 5.41) is 0. The van der Waals surface area contributed by atoms with E-state index in [1.807, 2.05) is 0 Å². The van der Waals surface area contributed by atoms with Crippen LogP contribution in [0.25, 0.3) is 0 Å². The summed E-state index contributed by atoms with van der Waals surface area (Å²) in [7, 11) is 0. The molecule has 1 fully saturated rings. The van der Waals surface area contributed by atoms with E-state index >= 15 is 0 Å². The molecule has 1 aliphatic carbocycles. The normalized spacial score (nSPS) is 24.0. The Balaban J connectivity index is 2.61. The van der Waals surface area contributed by atoms with E-state index in [2.05, 4.69) is 20.8 Å². The van der Waals surface area contributed by atoms with Gasteiger partial charge in [-0.2, -0.15) is 0 Å². The lowest BCUT2D eigenvalue weighted by Gasteiger charge is -2.50. The SMILES string of the molecule is CCC(C)(C)C1(N)CCC1. The maximum atomic E-state index is 6.19. The molecule has 0 aliphatic heterocycles. The minimum Gasteiger partial charge on any atom is -0.325 e. The van der Waals surface area contributed by atoms with Crippen LogP contribution in [0.4, 0.5) is 0 Å². The molecule has 0 aromatic heterocycles. The average molecular weight is 141 g/mol. The molecule has 0 atom stereocenters. The molecule has 60 valence electrons. The number of rotatable bonds is 2. The second kappa shape index (κ2) is 2.23. The molecule has 0 aromatic carbocycles. The quantitative estimate of drug-likeness (QED) is 0.627. The summed E-state index contributed by atoms with van der Waals surface area (Å²) in [6.45, 7) is 6.80. The zero-order valence-corrected chi connectivity index (χ0v) is 7.41. The fourth-order valence-electron chi connectivity index (χ4n) is 1.59. The molecule has 0 spiro atoms. The Labute approximate surface area is 64.0 Å². The predicted octanol–water partition coefficient (Wildman–Crippen LogP) is 2.30. The molecule has 0 radical (unpaired) electrons. The van der Waals surface area contributed by atoms with Crippen molar-refractivity contribution in [1.29, 1.82) is 0 Å². The zero-order chi connectivity index (χ0) is 7.83. The lowest BCUT2D eigenvalue weighted by molar-refractivity contribution is 0.0735. The van der Waals surface area contributed by atoms with Gasteiger partial charge in [0.1, 0.15) is 0 Å². The molecule has 0 aromatic rings. The van der Waals surface area contributed by atoms with Crippen molar-refractivity contribution in [3.05, 3.63) is 0 Å². The zero-order valence-electron chi connectivity index (χ0n) is 7.41. The summed E-state index contributed by atoms with van der Waals surface area (Å²) in [6.07, 6.45) is 4.99. The van der Waals surface area contributed by atoms with Crippen LogP contribution in [0.1, 0.15) is 46.5 Å². The van der Waals surface area contributed by atoms with Crippen LogP contribution in [-0.2, 0) is 0 Å². The fraction of sp³-hybridized carbons (Fsp3) is 1.00. The molecule has 1 saturated carbocycles. The van der Waals surface area contributed by atoms with Crippen molar-refractivity contribution in [2.75, 3.05) is 0 Å². The predicted molar refractivity (Wildman–Crippen MR) is 44.8 cm³/mol. The molecule has 1 nitrogen and oxygen atoms in total. The summed E-state index contributed by atoms with van der Waals surface area (Å²) in [5.74, 6) is 0. The van der Waals surface area contributed by atoms with Crippen LogP contribution in [0.3, 0.4) is 0 Å². The molecule has 0 unspecified atom stereocenters. The topological polar surface area (TPSA) is 26.0 Å². The van der Waals surface area contributed by atoms with Gasteiger partial charge in [0.2, 0.25) is 0 Å². The summed E-state index contributed by atoms with van der Waals surface area (Å²) in [4.78, 5) is 0. The Bertz CT molecular complexity index is 113. The van der Waals surface area contributed by atoms with Gasteiger partial charge in [0.25, 0.3) is 0 Å². The highest BCUT2D eigenvalue weighted by Crippen LogP contribution is 2.45. The second-order valence-corrected chi connectivity index (χ2v) is 4.25. The van der Waals surface area contributed by atoms with Gasteiger partial charge in [-0.15, -0.1) is 0 Å². The average Bonchev–Trinajstić information content (AvgIpc) is 1.82. The third-order valence-corrected chi connectivity index (χ3v) is 3.48. The molecule has 1 aliphatic rings. The minimum absolute atomic E-state index is 0.168. The van der Waals surface area contributed by atoms with Gasteiger partial charge >= 0.3 is 0 Å². The standard InChI is InChI=1S/C9H19N/c1-4-8(2,3)9(10)6-5-7-9/h4-7,10H2,1-3H3. The van der Waals surface area contributed by atoms with E-state index in [4.69, 9.17) is 5.73 Å². The van der Waals surface area contributed by atoms with Crippen LogP contribution in [0.5, 0.6) is 0 Å². The molecule has 1 rings (SSSR count). The van der Waals surface area contributed by atoms with E-state index < -0.39 is 0 Å². The van der Waals surface area contributed by atoms with Crippen molar-refractivity contribution in [3.8, 4) is 0 Å². The van der Waals surface area contributed by atoms with Crippen molar-refractivity contribution >= 4 is 0 Å². The van der Waals surface area contributed by atoms with Crippen LogP contribution >= 0.6 is 0 Å². The Morgan fingerprint density at radius 1 is 1.40 bits per heavy atom. The Kier molecular flexibility index (Phi) is 1.80. The highest BCUT2D eigenvalue weighted by Gasteiger charge is 2.44. The number of hydrogen-bond acceptors (Lipinski definition) is 1. The van der Waals surface area contributed by atoms with Gasteiger partial charge in [0.05, 0.1) is 0 Å². The maximum Gasteiger partial charge on any atom is 0.0206 e. The number of nitrogens with two attached hydrogens (primary N) is 1. The molecular weight excluding hydrogens is 122 g/mol. The summed E-state index contributed by atoms with van der Waals surface area (Å²) in [5.41, 5.74) is 6.71. The first-order valence-electron chi connectivity index (χ1n) is 4.31. The first-order valence-corrected chi connectivity index (χ1v) is 4.31. The Morgan fingerprint density at radius 3 is 2.00 bits per heavy atom. The summed E-state index contributed by atoms with van der Waals surface area (Å²) >= 11 is 0. The van der Waals surface area contributed by atoms with Gasteiger partial charge in [-0.25, -0.2) is 0 Å². The lowest BCUT2D eigenvalue weighted by atomic mass is 9.60. The Hall–Kier alpha value is -0.0400. The van der Waals surface area contributed by atoms with Crippen molar-refractivity contribution in [2.45, 2.75) is 52.0 Å². The molecule has 0 saturated heterocycles. The third kappa shape index (κ3) is 0.968. The minimum atomic E-state index is 0.168. The fourth-order valence-corrected chi connectivity index (χ4v) is 1.59. The monoisotopic (exact) mass is 141 g/mol. The third-order valence-electron chi connectivity index (χ3n) is 3.48. The molecule has 0 bridgehead atoms. The molecule has 0 amide bonds. The van der Waals surface area contributed by atoms with Crippen LogP contribution in [0.2, 0.25) is 0 Å². The van der Waals surface area contributed by atoms with Crippen LogP contribution in [-0.4, -0.2) is 5.54 Å². The van der Waals surface area contributed by atoms with E-state index in [0.717, 1.165) is 0 Å². The van der Waals surface area contributed by atoms with E-state index in [0.29, 0.717) is 5.41 Å². The van der Waals surface area contributed by atoms with Gasteiger partial charge in [-0.05, 0) is 31.1 Å². The first-order chi connectivity index (χ1) is 4.52. The van der Waals surface area contributed by atoms with E-state index in [9.17, 15) is 0 Å². The van der Waals surface area contributed by atoms with Gasteiger partial charge in [-0.1, -0.05) is 20.8 Å². The second-order valence-electron chi connectivity index (χ2n) is 4.25. The molecule has 1 heteroatoms. The number of hydrogen-bond donors (Lipinski definition) is 1. The van der Waals surface area contributed by atoms with Gasteiger partial charge in [-0.3, -0.25) is 0 Å². The molecule has 10 heavy (non-hydrogen) atoms. The highest BCUT2D eigenvalue weighted by molar-refractivity contribution is 5.02. The Morgan fingerprint density at radius 2 is 1.90 bits per heavy atom. The van der Waals surface area contributed by atoms with Crippen molar-refractivity contribution in [2.24, 2.45) is 11.1 Å². The van der Waals surface area contributed by atoms with Crippen molar-refractivity contribution < 1.29 is 0 Å². The van der Waals surface area contributed by atoms with Gasteiger partial charge < -0.3 is 5.73 Å². The van der Waals surface area contributed by atoms with Gasteiger partial charge in [0.15, 0.2) is 0 Å². The maximum absolute atomic E-state index is 6.19. The van der Waals surface area contributed by atoms with E-state index in [1.165, 1.54) is 25.7 Å². The highest BCUT2D eigenvalue weighted by atomic mass is 14.8. The smallest absolute Gasteiger partial charge is 0.0206 e. The lowest BCUT2D eigenvalue weighted by Crippen LogP contribution is -2.57. The van der Waals surface area contributed by atoms with Crippen molar-refractivity contribution in [3.63, 3.8) is 0 Å². The molecular formula is C9H19N. The summed E-state index contributed by atoms with van der Waals surface area (Å²) in [6, 6.07) is 0. The van der Waals surface area contributed by atoms with E-state index in [-0.39, 0.29) is 5.54 Å². The molecule has 0 heterocycles. The van der Waals surface area contributed by atoms with Crippen LogP contribution in [0.15, 0.2) is 0 Å². The van der Waals surface area contributed by atoms with Crippen molar-refractivity contribution in [1.82, 2.24) is 0 Å².